The van der Waals surface area contributed by atoms with E-state index in [9.17, 15) is 14.0 Å². The molecule has 4 aromatic carbocycles. The van der Waals surface area contributed by atoms with Crippen molar-refractivity contribution >= 4 is 16.8 Å². The number of para-hydroxylation sites is 1. The minimum atomic E-state index is -0.667. The van der Waals surface area contributed by atoms with Crippen LogP contribution in [0.3, 0.4) is 0 Å². The van der Waals surface area contributed by atoms with Crippen molar-refractivity contribution in [3.63, 3.8) is 0 Å². The van der Waals surface area contributed by atoms with E-state index in [2.05, 4.69) is 0 Å². The second-order valence-corrected chi connectivity index (χ2v) is 9.44. The standard InChI is InChI=1S/C33H30FN3O3/c1-3-40-26-19-17-25(18-20-26)37-31(35-30-16-10-8-14-28(30)33(37)39)23(2)36(22-21-24-11-5-4-6-12-24)32(38)27-13-7-9-15-29(27)34/h4-20,23H,3,21-22H2,1-2H3. The number of benzene rings is 4. The van der Waals surface area contributed by atoms with Gasteiger partial charge in [-0.2, -0.15) is 0 Å². The summed E-state index contributed by atoms with van der Waals surface area (Å²) >= 11 is 0. The van der Waals surface area contributed by atoms with E-state index >= 15 is 0 Å². The molecule has 0 saturated carbocycles. The van der Waals surface area contributed by atoms with Crippen LogP contribution in [0.5, 0.6) is 5.75 Å². The molecule has 0 N–H and O–H groups in total. The predicted molar refractivity (Wildman–Crippen MR) is 155 cm³/mol. The lowest BCUT2D eigenvalue weighted by Gasteiger charge is -2.31. The molecular weight excluding hydrogens is 505 g/mol. The third-order valence-corrected chi connectivity index (χ3v) is 6.90. The summed E-state index contributed by atoms with van der Waals surface area (Å²) in [6, 6.07) is 29.4. The molecule has 5 aromatic rings. The van der Waals surface area contributed by atoms with Gasteiger partial charge in [-0.25, -0.2) is 9.37 Å². The van der Waals surface area contributed by atoms with Crippen LogP contribution < -0.4 is 10.3 Å². The van der Waals surface area contributed by atoms with E-state index in [1.807, 2.05) is 50.2 Å². The van der Waals surface area contributed by atoms with E-state index in [0.29, 0.717) is 47.7 Å². The molecule has 7 heteroatoms. The minimum absolute atomic E-state index is 0.0295. The number of carbonyl (C=O) groups is 1. The van der Waals surface area contributed by atoms with Crippen molar-refractivity contribution in [3.8, 4) is 11.4 Å². The normalized spacial score (nSPS) is 11.8. The first-order valence-electron chi connectivity index (χ1n) is 13.3. The summed E-state index contributed by atoms with van der Waals surface area (Å²) in [4.78, 5) is 34.2. The predicted octanol–water partition coefficient (Wildman–Crippen LogP) is 6.37. The van der Waals surface area contributed by atoms with Gasteiger partial charge in [0.2, 0.25) is 0 Å². The number of fused-ring (bicyclic) bond motifs is 1. The Hall–Kier alpha value is -4.78. The number of hydrogen-bond acceptors (Lipinski definition) is 4. The number of nitrogens with zero attached hydrogens (tertiary/aromatic N) is 3. The average Bonchev–Trinajstić information content (AvgIpc) is 2.98. The van der Waals surface area contributed by atoms with Crippen molar-refractivity contribution in [1.82, 2.24) is 14.5 Å². The summed E-state index contributed by atoms with van der Waals surface area (Å²) < 4.78 is 21.9. The lowest BCUT2D eigenvalue weighted by molar-refractivity contribution is 0.0679. The van der Waals surface area contributed by atoms with E-state index in [1.54, 1.807) is 59.5 Å². The monoisotopic (exact) mass is 535 g/mol. The third-order valence-electron chi connectivity index (χ3n) is 6.90. The number of aromatic nitrogens is 2. The Morgan fingerprint density at radius 2 is 1.60 bits per heavy atom. The molecule has 0 bridgehead atoms. The van der Waals surface area contributed by atoms with Crippen LogP contribution in [0, 0.1) is 5.82 Å². The molecule has 1 unspecified atom stereocenters. The Balaban J connectivity index is 1.64. The van der Waals surface area contributed by atoms with E-state index < -0.39 is 17.8 Å². The number of rotatable bonds is 9. The topological polar surface area (TPSA) is 64.4 Å². The highest BCUT2D eigenvalue weighted by Crippen LogP contribution is 2.26. The molecule has 1 amide bonds. The summed E-state index contributed by atoms with van der Waals surface area (Å²) in [7, 11) is 0. The zero-order chi connectivity index (χ0) is 28.1. The molecule has 1 atom stereocenters. The molecule has 6 nitrogen and oxygen atoms in total. The van der Waals surface area contributed by atoms with Gasteiger partial charge in [-0.1, -0.05) is 54.6 Å². The van der Waals surface area contributed by atoms with Crippen molar-refractivity contribution in [2.75, 3.05) is 13.2 Å². The van der Waals surface area contributed by atoms with Gasteiger partial charge in [0.1, 0.15) is 17.4 Å². The SMILES string of the molecule is CCOc1ccc(-n2c(C(C)N(CCc3ccccc3)C(=O)c3ccccc3F)nc3ccccc3c2=O)cc1. The zero-order valence-corrected chi connectivity index (χ0v) is 22.5. The van der Waals surface area contributed by atoms with Gasteiger partial charge in [0.25, 0.3) is 11.5 Å². The van der Waals surface area contributed by atoms with Crippen LogP contribution in [0.15, 0.2) is 108 Å². The molecule has 1 aromatic heterocycles. The minimum Gasteiger partial charge on any atom is -0.494 e. The van der Waals surface area contributed by atoms with Crippen LogP contribution in [0.4, 0.5) is 4.39 Å². The molecule has 0 aliphatic rings. The van der Waals surface area contributed by atoms with Crippen molar-refractivity contribution in [2.24, 2.45) is 0 Å². The molecule has 0 aliphatic carbocycles. The maximum atomic E-state index is 14.8. The lowest BCUT2D eigenvalue weighted by atomic mass is 10.1. The largest absolute Gasteiger partial charge is 0.494 e. The third kappa shape index (κ3) is 5.50. The van der Waals surface area contributed by atoms with E-state index in [0.717, 1.165) is 5.56 Å². The van der Waals surface area contributed by atoms with Crippen LogP contribution in [0.25, 0.3) is 16.6 Å². The number of amides is 1. The van der Waals surface area contributed by atoms with Crippen molar-refractivity contribution in [1.29, 1.82) is 0 Å². The second-order valence-electron chi connectivity index (χ2n) is 9.44. The number of halogens is 1. The molecule has 0 saturated heterocycles. The maximum absolute atomic E-state index is 14.8. The van der Waals surface area contributed by atoms with E-state index in [4.69, 9.17) is 9.72 Å². The van der Waals surface area contributed by atoms with Crippen LogP contribution in [-0.2, 0) is 6.42 Å². The molecule has 40 heavy (non-hydrogen) atoms. The number of ether oxygens (including phenoxy) is 1. The van der Waals surface area contributed by atoms with Gasteiger partial charge >= 0.3 is 0 Å². The molecule has 5 rings (SSSR count). The van der Waals surface area contributed by atoms with Gasteiger partial charge in [-0.3, -0.25) is 14.2 Å². The molecule has 0 fully saturated rings. The van der Waals surface area contributed by atoms with E-state index in [1.165, 1.54) is 16.7 Å². The number of hydrogen-bond donors (Lipinski definition) is 0. The first kappa shape index (κ1) is 26.8. The molecule has 1 heterocycles. The average molecular weight is 536 g/mol. The summed E-state index contributed by atoms with van der Waals surface area (Å²) in [5.41, 5.74) is 1.88. The van der Waals surface area contributed by atoms with Gasteiger partial charge in [0, 0.05) is 6.54 Å². The van der Waals surface area contributed by atoms with Gasteiger partial charge < -0.3 is 9.64 Å². The van der Waals surface area contributed by atoms with Gasteiger partial charge in [0.15, 0.2) is 0 Å². The fraction of sp³-hybridized carbons (Fsp3) is 0.182. The van der Waals surface area contributed by atoms with Crippen LogP contribution in [0.1, 0.15) is 41.6 Å². The Labute approximate surface area is 232 Å². The number of carbonyl (C=O) groups excluding carboxylic acids is 1. The first-order valence-corrected chi connectivity index (χ1v) is 13.3. The summed E-state index contributed by atoms with van der Waals surface area (Å²) in [6.07, 6.45) is 0.548. The van der Waals surface area contributed by atoms with Gasteiger partial charge in [-0.15, -0.1) is 0 Å². The zero-order valence-electron chi connectivity index (χ0n) is 22.5. The second kappa shape index (κ2) is 11.9. The quantitative estimate of drug-likeness (QED) is 0.220. The molecule has 0 spiro atoms. The Morgan fingerprint density at radius 3 is 2.33 bits per heavy atom. The summed E-state index contributed by atoms with van der Waals surface area (Å²) in [6.45, 7) is 4.55. The van der Waals surface area contributed by atoms with Crippen molar-refractivity contribution in [3.05, 3.63) is 136 Å². The highest BCUT2D eigenvalue weighted by Gasteiger charge is 2.29. The van der Waals surface area contributed by atoms with Crippen molar-refractivity contribution < 1.29 is 13.9 Å². The lowest BCUT2D eigenvalue weighted by Crippen LogP contribution is -2.39. The fourth-order valence-electron chi connectivity index (χ4n) is 4.83. The maximum Gasteiger partial charge on any atom is 0.266 e. The van der Waals surface area contributed by atoms with Crippen molar-refractivity contribution in [2.45, 2.75) is 26.3 Å². The molecule has 0 aliphatic heterocycles. The Kier molecular flexibility index (Phi) is 8.01. The van der Waals surface area contributed by atoms with Crippen LogP contribution >= 0.6 is 0 Å². The van der Waals surface area contributed by atoms with Crippen LogP contribution in [-0.4, -0.2) is 33.5 Å². The molecule has 0 radical (unpaired) electrons. The highest BCUT2D eigenvalue weighted by atomic mass is 19.1. The first-order chi connectivity index (χ1) is 19.5. The summed E-state index contributed by atoms with van der Waals surface area (Å²) in [5.74, 6) is -0.00515. The van der Waals surface area contributed by atoms with Gasteiger partial charge in [0.05, 0.1) is 34.8 Å². The van der Waals surface area contributed by atoms with E-state index in [-0.39, 0.29) is 11.1 Å². The van der Waals surface area contributed by atoms with Gasteiger partial charge in [-0.05, 0) is 74.4 Å². The van der Waals surface area contributed by atoms with Crippen LogP contribution in [0.2, 0.25) is 0 Å². The Bertz CT molecular complexity index is 1680. The highest BCUT2D eigenvalue weighted by molar-refractivity contribution is 5.94. The fourth-order valence-corrected chi connectivity index (χ4v) is 4.83. The molecular formula is C33H30FN3O3. The Morgan fingerprint density at radius 1 is 0.925 bits per heavy atom. The summed E-state index contributed by atoms with van der Waals surface area (Å²) in [5, 5.41) is 0.462. The molecule has 202 valence electrons. The smallest absolute Gasteiger partial charge is 0.266 e.